The lowest BCUT2D eigenvalue weighted by Gasteiger charge is -2.30. The summed E-state index contributed by atoms with van der Waals surface area (Å²) in [6.45, 7) is 3.60. The van der Waals surface area contributed by atoms with Gasteiger partial charge in [0.1, 0.15) is 0 Å². The normalized spacial score (nSPS) is 12.8. The molecule has 12 nitrogen and oxygen atoms in total. The number of nitro groups is 2. The molecule has 142 valence electrons. The predicted octanol–water partition coefficient (Wildman–Crippen LogP) is 1.07. The van der Waals surface area contributed by atoms with Gasteiger partial charge in [0.2, 0.25) is 0 Å². The summed E-state index contributed by atoms with van der Waals surface area (Å²) in [5.74, 6) is -0.664. The van der Waals surface area contributed by atoms with E-state index in [1.807, 2.05) is 0 Å². The molecule has 1 rings (SSSR count). The molecule has 0 aliphatic rings. The Labute approximate surface area is 148 Å². The van der Waals surface area contributed by atoms with Gasteiger partial charge in [0.05, 0.1) is 21.6 Å². The largest absolute Gasteiger partial charge is 0.356 e. The van der Waals surface area contributed by atoms with Crippen LogP contribution in [0.4, 0.5) is 21.9 Å². The van der Waals surface area contributed by atoms with Crippen LogP contribution < -0.4 is 21.7 Å². The maximum absolute atomic E-state index is 12.2. The molecule has 0 unspecified atom stereocenters. The Balaban J connectivity index is 3.07. The lowest BCUT2D eigenvalue weighted by molar-refractivity contribution is -0.394. The number of urea groups is 1. The highest BCUT2D eigenvalue weighted by molar-refractivity contribution is 5.96. The summed E-state index contributed by atoms with van der Waals surface area (Å²) in [7, 11) is 1.35. The van der Waals surface area contributed by atoms with Gasteiger partial charge in [0.25, 0.3) is 17.3 Å². The molecule has 1 aromatic rings. The summed E-state index contributed by atoms with van der Waals surface area (Å²) >= 11 is 0. The zero-order valence-corrected chi connectivity index (χ0v) is 14.4. The van der Waals surface area contributed by atoms with Gasteiger partial charge in [-0.2, -0.15) is 0 Å². The van der Waals surface area contributed by atoms with Crippen molar-refractivity contribution in [3.63, 3.8) is 0 Å². The number of benzene rings is 1. The van der Waals surface area contributed by atoms with Gasteiger partial charge in [-0.15, -0.1) is 0 Å². The smallest absolute Gasteiger partial charge is 0.321 e. The lowest BCUT2D eigenvalue weighted by Crippen LogP contribution is -2.65. The fourth-order valence-corrected chi connectivity index (χ4v) is 2.31. The molecule has 0 spiro atoms. The molecule has 1 aromatic carbocycles. The number of anilines is 1. The molecule has 0 bridgehead atoms. The van der Waals surface area contributed by atoms with E-state index in [0.29, 0.717) is 0 Å². The molecule has 0 heterocycles. The number of likely N-dealkylation sites (N-methyl/N-ethyl adjacent to an activating group) is 1. The summed E-state index contributed by atoms with van der Waals surface area (Å²) in [4.78, 5) is 44.3. The van der Waals surface area contributed by atoms with Crippen LogP contribution in [0, 0.1) is 26.1 Å². The maximum Gasteiger partial charge on any atom is 0.321 e. The molecular weight excluding hydrogens is 348 g/mol. The summed E-state index contributed by atoms with van der Waals surface area (Å²) in [6, 6.07) is 1.73. The third kappa shape index (κ3) is 5.37. The zero-order valence-electron chi connectivity index (χ0n) is 14.4. The second-order valence-electron chi connectivity index (χ2n) is 5.98. The highest BCUT2D eigenvalue weighted by Gasteiger charge is 2.36. The van der Waals surface area contributed by atoms with Crippen LogP contribution in [-0.2, 0) is 4.79 Å². The summed E-state index contributed by atoms with van der Waals surface area (Å²) < 4.78 is 0. The van der Waals surface area contributed by atoms with Crippen molar-refractivity contribution >= 4 is 29.0 Å². The number of nitrogens with one attached hydrogen (secondary N) is 3. The van der Waals surface area contributed by atoms with E-state index in [-0.39, 0.29) is 18.0 Å². The Hall–Kier alpha value is -3.28. The fourth-order valence-electron chi connectivity index (χ4n) is 2.31. The first kappa shape index (κ1) is 20.8. The molecule has 0 aromatic heterocycles. The number of rotatable bonds is 7. The summed E-state index contributed by atoms with van der Waals surface area (Å²) in [5.41, 5.74) is 2.92. The number of non-ortho nitro benzene ring substituents is 2. The zero-order chi connectivity index (χ0) is 20.1. The van der Waals surface area contributed by atoms with Crippen molar-refractivity contribution in [3.05, 3.63) is 38.4 Å². The minimum absolute atomic E-state index is 0.0310. The quantitative estimate of drug-likeness (QED) is 0.315. The molecule has 0 saturated carbocycles. The first-order valence-corrected chi connectivity index (χ1v) is 7.52. The average Bonchev–Trinajstić information content (AvgIpc) is 2.52. The van der Waals surface area contributed by atoms with E-state index in [1.165, 1.54) is 7.05 Å². The summed E-state index contributed by atoms with van der Waals surface area (Å²) in [5, 5.41) is 28.6. The van der Waals surface area contributed by atoms with E-state index in [9.17, 15) is 29.8 Å². The monoisotopic (exact) mass is 368 g/mol. The van der Waals surface area contributed by atoms with Gasteiger partial charge in [0, 0.05) is 19.2 Å². The Bertz CT molecular complexity index is 704. The number of carbonyl (C=O) groups excluding carboxylic acids is 2. The van der Waals surface area contributed by atoms with Crippen molar-refractivity contribution in [2.24, 2.45) is 11.7 Å². The molecule has 26 heavy (non-hydrogen) atoms. The number of hydrogen-bond acceptors (Lipinski definition) is 7. The standard InChI is InChI=1S/C14H20N6O6/c1-8(2)7-14(15,12(21)16-3)18-13(22)17-9-4-10(19(23)24)6-11(5-9)20(25)26/h4-6,8H,7,15H2,1-3H3,(H,16,21)(H2,17,18,22)/t14-/m1/s1. The molecule has 0 aliphatic heterocycles. The highest BCUT2D eigenvalue weighted by Crippen LogP contribution is 2.26. The molecular formula is C14H20N6O6. The Kier molecular flexibility index (Phi) is 6.55. The number of nitro benzene ring substituents is 2. The minimum atomic E-state index is -1.72. The van der Waals surface area contributed by atoms with Crippen molar-refractivity contribution in [1.29, 1.82) is 0 Å². The van der Waals surface area contributed by atoms with Gasteiger partial charge in [-0.25, -0.2) is 4.79 Å². The average molecular weight is 368 g/mol. The van der Waals surface area contributed by atoms with Crippen molar-refractivity contribution in [2.75, 3.05) is 12.4 Å². The number of nitrogens with zero attached hydrogens (tertiary/aromatic N) is 2. The molecule has 0 fully saturated rings. The van der Waals surface area contributed by atoms with Crippen LogP contribution in [0.5, 0.6) is 0 Å². The van der Waals surface area contributed by atoms with Crippen molar-refractivity contribution < 1.29 is 19.4 Å². The Morgan fingerprint density at radius 3 is 2.04 bits per heavy atom. The topological polar surface area (TPSA) is 183 Å². The van der Waals surface area contributed by atoms with Gasteiger partial charge < -0.3 is 21.7 Å². The van der Waals surface area contributed by atoms with E-state index in [4.69, 9.17) is 5.73 Å². The van der Waals surface area contributed by atoms with Crippen LogP contribution in [0.25, 0.3) is 0 Å². The van der Waals surface area contributed by atoms with Crippen LogP contribution >= 0.6 is 0 Å². The van der Waals surface area contributed by atoms with Gasteiger partial charge in [-0.05, 0) is 12.3 Å². The molecule has 0 aliphatic carbocycles. The van der Waals surface area contributed by atoms with Crippen LogP contribution in [0.1, 0.15) is 20.3 Å². The molecule has 0 radical (unpaired) electrons. The molecule has 5 N–H and O–H groups in total. The lowest BCUT2D eigenvalue weighted by atomic mass is 9.97. The van der Waals surface area contributed by atoms with Crippen LogP contribution in [-0.4, -0.2) is 34.5 Å². The van der Waals surface area contributed by atoms with Gasteiger partial charge in [-0.3, -0.25) is 25.0 Å². The second-order valence-corrected chi connectivity index (χ2v) is 5.98. The third-order valence-electron chi connectivity index (χ3n) is 3.28. The summed E-state index contributed by atoms with van der Waals surface area (Å²) in [6.07, 6.45) is 0.120. The van der Waals surface area contributed by atoms with E-state index < -0.39 is 38.8 Å². The van der Waals surface area contributed by atoms with E-state index in [1.54, 1.807) is 13.8 Å². The molecule has 3 amide bonds. The highest BCUT2D eigenvalue weighted by atomic mass is 16.6. The number of nitrogens with two attached hydrogens (primary N) is 1. The first-order chi connectivity index (χ1) is 12.0. The van der Waals surface area contributed by atoms with Crippen LogP contribution in [0.15, 0.2) is 18.2 Å². The van der Waals surface area contributed by atoms with Crippen molar-refractivity contribution in [3.8, 4) is 0 Å². The van der Waals surface area contributed by atoms with Gasteiger partial charge in [0.15, 0.2) is 5.66 Å². The molecule has 12 heteroatoms. The van der Waals surface area contributed by atoms with E-state index >= 15 is 0 Å². The second kappa shape index (κ2) is 8.20. The Morgan fingerprint density at radius 2 is 1.65 bits per heavy atom. The van der Waals surface area contributed by atoms with E-state index in [0.717, 1.165) is 18.2 Å². The molecule has 1 atom stereocenters. The van der Waals surface area contributed by atoms with Gasteiger partial charge >= 0.3 is 6.03 Å². The molecule has 0 saturated heterocycles. The van der Waals surface area contributed by atoms with Crippen LogP contribution in [0.2, 0.25) is 0 Å². The number of amides is 3. The van der Waals surface area contributed by atoms with Gasteiger partial charge in [-0.1, -0.05) is 13.8 Å². The maximum atomic E-state index is 12.2. The number of carbonyl (C=O) groups is 2. The minimum Gasteiger partial charge on any atom is -0.356 e. The van der Waals surface area contributed by atoms with Crippen molar-refractivity contribution in [2.45, 2.75) is 25.9 Å². The Morgan fingerprint density at radius 1 is 1.15 bits per heavy atom. The van der Waals surface area contributed by atoms with Crippen molar-refractivity contribution in [1.82, 2.24) is 10.6 Å². The van der Waals surface area contributed by atoms with E-state index in [2.05, 4.69) is 16.0 Å². The SMILES string of the molecule is CNC(=O)[C@@](N)(CC(C)C)NC(=O)Nc1cc([N+](=O)[O-])cc([N+](=O)[O-])c1. The number of hydrogen-bond donors (Lipinski definition) is 4. The fraction of sp³-hybridized carbons (Fsp3) is 0.429. The predicted molar refractivity (Wildman–Crippen MR) is 92.3 cm³/mol. The third-order valence-corrected chi connectivity index (χ3v) is 3.28. The first-order valence-electron chi connectivity index (χ1n) is 7.52. The van der Waals surface area contributed by atoms with Crippen LogP contribution in [0.3, 0.4) is 0 Å².